The van der Waals surface area contributed by atoms with E-state index in [1.807, 2.05) is 6.92 Å². The first-order valence-corrected chi connectivity index (χ1v) is 12.1. The first-order valence-electron chi connectivity index (χ1n) is 10.6. The largest absolute Gasteiger partial charge is 0.325 e. The normalized spacial score (nSPS) is 21.0. The number of rotatable bonds is 6. The molecule has 7 heteroatoms. The van der Waals surface area contributed by atoms with Crippen LogP contribution in [0.4, 0.5) is 5.69 Å². The Hall–Kier alpha value is -1.44. The SMILES string of the molecule is C[C@H](NC1CCCCCCC1)C(=O)Nc1ccc(S(=O)(=O)N2CCCC2)cc1. The van der Waals surface area contributed by atoms with E-state index in [0.717, 1.165) is 25.7 Å². The van der Waals surface area contributed by atoms with Gasteiger partial charge in [-0.05, 0) is 56.9 Å². The summed E-state index contributed by atoms with van der Waals surface area (Å²) in [6.45, 7) is 3.07. The molecule has 1 aliphatic heterocycles. The average Bonchev–Trinajstić information content (AvgIpc) is 3.20. The highest BCUT2D eigenvalue weighted by molar-refractivity contribution is 7.89. The number of hydrogen-bond donors (Lipinski definition) is 2. The van der Waals surface area contributed by atoms with Crippen LogP contribution in [0.15, 0.2) is 29.2 Å². The van der Waals surface area contributed by atoms with Crippen LogP contribution in [0.1, 0.15) is 64.7 Å². The van der Waals surface area contributed by atoms with E-state index >= 15 is 0 Å². The van der Waals surface area contributed by atoms with Crippen LogP contribution in [0.25, 0.3) is 0 Å². The number of carbonyl (C=O) groups excluding carboxylic acids is 1. The number of amides is 1. The fraction of sp³-hybridized carbons (Fsp3) is 0.667. The molecule has 0 aromatic heterocycles. The van der Waals surface area contributed by atoms with E-state index in [-0.39, 0.29) is 16.8 Å². The van der Waals surface area contributed by atoms with E-state index in [0.29, 0.717) is 24.8 Å². The number of carbonyl (C=O) groups is 1. The van der Waals surface area contributed by atoms with Crippen molar-refractivity contribution in [3.05, 3.63) is 24.3 Å². The predicted molar refractivity (Wildman–Crippen MR) is 112 cm³/mol. The van der Waals surface area contributed by atoms with E-state index in [4.69, 9.17) is 0 Å². The number of hydrogen-bond acceptors (Lipinski definition) is 4. The van der Waals surface area contributed by atoms with Crippen molar-refractivity contribution in [1.29, 1.82) is 0 Å². The van der Waals surface area contributed by atoms with Crippen molar-refractivity contribution in [3.63, 3.8) is 0 Å². The van der Waals surface area contributed by atoms with E-state index in [9.17, 15) is 13.2 Å². The van der Waals surface area contributed by atoms with Crippen LogP contribution in [0.3, 0.4) is 0 Å². The molecule has 28 heavy (non-hydrogen) atoms. The molecule has 2 fully saturated rings. The molecule has 1 saturated carbocycles. The van der Waals surface area contributed by atoms with E-state index in [1.165, 1.54) is 36.4 Å². The molecule has 1 saturated heterocycles. The van der Waals surface area contributed by atoms with Gasteiger partial charge in [-0.15, -0.1) is 0 Å². The Morgan fingerprint density at radius 2 is 1.54 bits per heavy atom. The third kappa shape index (κ3) is 5.55. The predicted octanol–water partition coefficient (Wildman–Crippen LogP) is 3.50. The summed E-state index contributed by atoms with van der Waals surface area (Å²) in [5.41, 5.74) is 0.622. The molecule has 156 valence electrons. The summed E-state index contributed by atoms with van der Waals surface area (Å²) in [4.78, 5) is 12.8. The van der Waals surface area contributed by atoms with Gasteiger partial charge in [0.05, 0.1) is 10.9 Å². The van der Waals surface area contributed by atoms with Crippen LogP contribution in [-0.4, -0.2) is 43.8 Å². The van der Waals surface area contributed by atoms with E-state index in [2.05, 4.69) is 10.6 Å². The lowest BCUT2D eigenvalue weighted by atomic mass is 9.96. The van der Waals surface area contributed by atoms with Gasteiger partial charge in [0, 0.05) is 24.8 Å². The Morgan fingerprint density at radius 3 is 2.14 bits per heavy atom. The van der Waals surface area contributed by atoms with Gasteiger partial charge in [0.2, 0.25) is 15.9 Å². The molecule has 1 heterocycles. The number of nitrogens with zero attached hydrogens (tertiary/aromatic N) is 1. The zero-order valence-corrected chi connectivity index (χ0v) is 17.6. The van der Waals surface area contributed by atoms with Gasteiger partial charge in [-0.25, -0.2) is 8.42 Å². The summed E-state index contributed by atoms with van der Waals surface area (Å²) in [5.74, 6) is -0.0859. The molecule has 1 aliphatic carbocycles. The van der Waals surface area contributed by atoms with E-state index < -0.39 is 10.0 Å². The van der Waals surface area contributed by atoms with Gasteiger partial charge in [0.25, 0.3) is 0 Å². The second-order valence-electron chi connectivity index (χ2n) is 8.06. The van der Waals surface area contributed by atoms with Gasteiger partial charge in [0.1, 0.15) is 0 Å². The molecule has 0 radical (unpaired) electrons. The number of sulfonamides is 1. The molecule has 1 aromatic rings. The Morgan fingerprint density at radius 1 is 0.964 bits per heavy atom. The minimum atomic E-state index is -3.42. The summed E-state index contributed by atoms with van der Waals surface area (Å²) in [5, 5.41) is 6.36. The summed E-state index contributed by atoms with van der Waals surface area (Å²) in [6.07, 6.45) is 10.4. The van der Waals surface area contributed by atoms with Gasteiger partial charge >= 0.3 is 0 Å². The maximum Gasteiger partial charge on any atom is 0.243 e. The fourth-order valence-corrected chi connectivity index (χ4v) is 5.61. The Bertz CT molecular complexity index is 735. The highest BCUT2D eigenvalue weighted by Gasteiger charge is 2.27. The van der Waals surface area contributed by atoms with Crippen LogP contribution in [0, 0.1) is 0 Å². The first-order chi connectivity index (χ1) is 13.5. The molecule has 0 spiro atoms. The van der Waals surface area contributed by atoms with Gasteiger partial charge < -0.3 is 10.6 Å². The third-order valence-corrected chi connectivity index (χ3v) is 7.72. The van der Waals surface area contributed by atoms with Gasteiger partial charge in [-0.3, -0.25) is 4.79 Å². The zero-order valence-electron chi connectivity index (χ0n) is 16.8. The molecule has 2 N–H and O–H groups in total. The van der Waals surface area contributed by atoms with Crippen molar-refractivity contribution in [2.45, 2.75) is 81.7 Å². The maximum absolute atomic E-state index is 12.6. The monoisotopic (exact) mass is 407 g/mol. The van der Waals surface area contributed by atoms with Gasteiger partial charge in [0.15, 0.2) is 0 Å². The molecule has 1 amide bonds. The molecule has 1 aromatic carbocycles. The van der Waals surface area contributed by atoms with Gasteiger partial charge in [-0.2, -0.15) is 4.31 Å². The number of benzene rings is 1. The van der Waals surface area contributed by atoms with Crippen molar-refractivity contribution >= 4 is 21.6 Å². The fourth-order valence-electron chi connectivity index (χ4n) is 4.09. The minimum absolute atomic E-state index is 0.0859. The second-order valence-corrected chi connectivity index (χ2v) is 9.99. The Balaban J connectivity index is 1.54. The van der Waals surface area contributed by atoms with Crippen molar-refractivity contribution in [1.82, 2.24) is 9.62 Å². The molecule has 3 rings (SSSR count). The minimum Gasteiger partial charge on any atom is -0.325 e. The van der Waals surface area contributed by atoms with Crippen molar-refractivity contribution in [2.75, 3.05) is 18.4 Å². The van der Waals surface area contributed by atoms with Crippen LogP contribution in [0.5, 0.6) is 0 Å². The van der Waals surface area contributed by atoms with E-state index in [1.54, 1.807) is 24.3 Å². The smallest absolute Gasteiger partial charge is 0.243 e. The zero-order chi connectivity index (χ0) is 20.0. The van der Waals surface area contributed by atoms with Crippen molar-refractivity contribution in [2.24, 2.45) is 0 Å². The molecule has 0 unspecified atom stereocenters. The number of anilines is 1. The summed E-state index contributed by atoms with van der Waals surface area (Å²) in [6, 6.07) is 6.62. The highest BCUT2D eigenvalue weighted by atomic mass is 32.2. The lowest BCUT2D eigenvalue weighted by Crippen LogP contribution is -2.44. The Labute approximate surface area is 169 Å². The molecular weight excluding hydrogens is 374 g/mol. The van der Waals surface area contributed by atoms with Crippen LogP contribution < -0.4 is 10.6 Å². The molecule has 2 aliphatic rings. The van der Waals surface area contributed by atoms with Crippen LogP contribution >= 0.6 is 0 Å². The first kappa shape index (κ1) is 21.3. The average molecular weight is 408 g/mol. The number of nitrogens with one attached hydrogen (secondary N) is 2. The van der Waals surface area contributed by atoms with Crippen molar-refractivity contribution in [3.8, 4) is 0 Å². The quantitative estimate of drug-likeness (QED) is 0.756. The molecule has 1 atom stereocenters. The Kier molecular flexibility index (Phi) is 7.48. The van der Waals surface area contributed by atoms with Gasteiger partial charge in [-0.1, -0.05) is 32.1 Å². The molecule has 6 nitrogen and oxygen atoms in total. The summed E-state index contributed by atoms with van der Waals surface area (Å²) < 4.78 is 26.7. The maximum atomic E-state index is 12.6. The summed E-state index contributed by atoms with van der Waals surface area (Å²) >= 11 is 0. The van der Waals surface area contributed by atoms with Crippen LogP contribution in [0.2, 0.25) is 0 Å². The summed E-state index contributed by atoms with van der Waals surface area (Å²) in [7, 11) is -3.42. The standard InChI is InChI=1S/C21H33N3O3S/c1-17(22-18-9-5-3-2-4-6-10-18)21(25)23-19-11-13-20(14-12-19)28(26,27)24-15-7-8-16-24/h11-14,17-18,22H,2-10,15-16H2,1H3,(H,23,25)/t17-/m0/s1. The topological polar surface area (TPSA) is 78.5 Å². The highest BCUT2D eigenvalue weighted by Crippen LogP contribution is 2.22. The lowest BCUT2D eigenvalue weighted by Gasteiger charge is -2.24. The molecular formula is C21H33N3O3S. The molecule has 0 bridgehead atoms. The lowest BCUT2D eigenvalue weighted by molar-refractivity contribution is -0.118. The van der Waals surface area contributed by atoms with Crippen molar-refractivity contribution < 1.29 is 13.2 Å². The van der Waals surface area contributed by atoms with Crippen LogP contribution in [-0.2, 0) is 14.8 Å². The second kappa shape index (κ2) is 9.85. The third-order valence-electron chi connectivity index (χ3n) is 5.81.